The summed E-state index contributed by atoms with van der Waals surface area (Å²) >= 11 is 3.40. The molecule has 72 valence electrons. The molecule has 0 aromatic heterocycles. The molecule has 0 aliphatic rings. The molecule has 0 radical (unpaired) electrons. The second-order valence-electron chi connectivity index (χ2n) is 3.18. The Morgan fingerprint density at radius 2 is 2.31 bits per heavy atom. The Morgan fingerprint density at radius 1 is 1.54 bits per heavy atom. The van der Waals surface area contributed by atoms with Crippen LogP contribution in [0.25, 0.3) is 0 Å². The molecular formula is C10H14BrNO. The van der Waals surface area contributed by atoms with Crippen LogP contribution in [0.3, 0.4) is 0 Å². The summed E-state index contributed by atoms with van der Waals surface area (Å²) in [5, 5.41) is 12.1. The average molecular weight is 244 g/mol. The van der Waals surface area contributed by atoms with Crippen LogP contribution in [0.5, 0.6) is 0 Å². The van der Waals surface area contributed by atoms with Crippen LogP contribution in [-0.2, 0) is 0 Å². The lowest BCUT2D eigenvalue weighted by Gasteiger charge is -2.10. The third-order valence-corrected chi connectivity index (χ3v) is 2.28. The van der Waals surface area contributed by atoms with Gasteiger partial charge in [0, 0.05) is 23.3 Å². The van der Waals surface area contributed by atoms with Crippen molar-refractivity contribution in [3.05, 3.63) is 28.7 Å². The molecule has 3 heteroatoms. The van der Waals surface area contributed by atoms with E-state index in [9.17, 15) is 0 Å². The topological polar surface area (TPSA) is 32.3 Å². The Balaban J connectivity index is 2.45. The Labute approximate surface area is 87.1 Å². The summed E-state index contributed by atoms with van der Waals surface area (Å²) in [7, 11) is 0. The van der Waals surface area contributed by atoms with Crippen molar-refractivity contribution in [3.63, 3.8) is 0 Å². The van der Waals surface area contributed by atoms with Crippen LogP contribution >= 0.6 is 15.9 Å². The lowest BCUT2D eigenvalue weighted by molar-refractivity contribution is 0.244. The number of benzene rings is 1. The van der Waals surface area contributed by atoms with E-state index < -0.39 is 0 Å². The molecule has 0 aliphatic carbocycles. The summed E-state index contributed by atoms with van der Waals surface area (Å²) in [6, 6.07) is 8.00. The zero-order valence-electron chi connectivity index (χ0n) is 7.63. The molecule has 2 N–H and O–H groups in total. The number of nitrogens with one attached hydrogen (secondary N) is 1. The molecule has 0 saturated carbocycles. The fraction of sp³-hybridized carbons (Fsp3) is 0.400. The number of aliphatic hydroxyl groups excluding tert-OH is 1. The largest absolute Gasteiger partial charge is 0.396 e. The Morgan fingerprint density at radius 3 is 2.92 bits per heavy atom. The SMILES string of the molecule is CC(CO)CNc1cccc(Br)c1. The normalized spacial score (nSPS) is 12.5. The van der Waals surface area contributed by atoms with Gasteiger partial charge >= 0.3 is 0 Å². The zero-order chi connectivity index (χ0) is 9.68. The van der Waals surface area contributed by atoms with Crippen LogP contribution in [0, 0.1) is 5.92 Å². The second kappa shape index (κ2) is 5.25. The van der Waals surface area contributed by atoms with Crippen LogP contribution in [0.2, 0.25) is 0 Å². The highest BCUT2D eigenvalue weighted by Crippen LogP contribution is 2.15. The number of hydrogen-bond acceptors (Lipinski definition) is 2. The van der Waals surface area contributed by atoms with Crippen LogP contribution in [-0.4, -0.2) is 18.3 Å². The third kappa shape index (κ3) is 3.79. The maximum absolute atomic E-state index is 8.82. The number of aliphatic hydroxyl groups is 1. The molecule has 0 bridgehead atoms. The van der Waals surface area contributed by atoms with E-state index >= 15 is 0 Å². The molecule has 0 spiro atoms. The lowest BCUT2D eigenvalue weighted by Crippen LogP contribution is -2.14. The molecule has 0 heterocycles. The minimum absolute atomic E-state index is 0.223. The first-order valence-corrected chi connectivity index (χ1v) is 5.12. The van der Waals surface area contributed by atoms with Crippen molar-refractivity contribution >= 4 is 21.6 Å². The Kier molecular flexibility index (Phi) is 4.25. The highest BCUT2D eigenvalue weighted by molar-refractivity contribution is 9.10. The van der Waals surface area contributed by atoms with Gasteiger partial charge in [0.05, 0.1) is 0 Å². The molecule has 1 aromatic carbocycles. The third-order valence-electron chi connectivity index (χ3n) is 1.79. The number of hydrogen-bond donors (Lipinski definition) is 2. The molecule has 0 aliphatic heterocycles. The highest BCUT2D eigenvalue weighted by atomic mass is 79.9. The fourth-order valence-electron chi connectivity index (χ4n) is 0.955. The Hall–Kier alpha value is -0.540. The van der Waals surface area contributed by atoms with E-state index in [0.717, 1.165) is 16.7 Å². The van der Waals surface area contributed by atoms with Gasteiger partial charge in [-0.25, -0.2) is 0 Å². The van der Waals surface area contributed by atoms with Gasteiger partial charge in [0.2, 0.25) is 0 Å². The fourth-order valence-corrected chi connectivity index (χ4v) is 1.35. The molecule has 1 unspecified atom stereocenters. The number of anilines is 1. The summed E-state index contributed by atoms with van der Waals surface area (Å²) in [4.78, 5) is 0. The first-order valence-electron chi connectivity index (χ1n) is 4.32. The minimum atomic E-state index is 0.223. The van der Waals surface area contributed by atoms with Crippen molar-refractivity contribution in [2.45, 2.75) is 6.92 Å². The predicted octanol–water partition coefficient (Wildman–Crippen LogP) is 2.49. The van der Waals surface area contributed by atoms with Crippen molar-refractivity contribution in [2.75, 3.05) is 18.5 Å². The smallest absolute Gasteiger partial charge is 0.0473 e. The molecule has 0 fully saturated rings. The monoisotopic (exact) mass is 243 g/mol. The molecule has 1 rings (SSSR count). The van der Waals surface area contributed by atoms with E-state index in [0.29, 0.717) is 5.92 Å². The van der Waals surface area contributed by atoms with Gasteiger partial charge in [-0.3, -0.25) is 0 Å². The molecule has 2 nitrogen and oxygen atoms in total. The van der Waals surface area contributed by atoms with Crippen molar-refractivity contribution in [1.82, 2.24) is 0 Å². The van der Waals surface area contributed by atoms with E-state index in [1.165, 1.54) is 0 Å². The lowest BCUT2D eigenvalue weighted by atomic mass is 10.2. The maximum Gasteiger partial charge on any atom is 0.0473 e. The van der Waals surface area contributed by atoms with Crippen molar-refractivity contribution < 1.29 is 5.11 Å². The van der Waals surface area contributed by atoms with E-state index in [-0.39, 0.29) is 6.61 Å². The van der Waals surface area contributed by atoms with E-state index in [4.69, 9.17) is 5.11 Å². The van der Waals surface area contributed by atoms with Crippen LogP contribution in [0.4, 0.5) is 5.69 Å². The van der Waals surface area contributed by atoms with E-state index in [1.54, 1.807) is 0 Å². The van der Waals surface area contributed by atoms with E-state index in [1.807, 2.05) is 31.2 Å². The van der Waals surface area contributed by atoms with Gasteiger partial charge in [0.1, 0.15) is 0 Å². The second-order valence-corrected chi connectivity index (χ2v) is 4.09. The van der Waals surface area contributed by atoms with Crippen molar-refractivity contribution in [3.8, 4) is 0 Å². The zero-order valence-corrected chi connectivity index (χ0v) is 9.21. The van der Waals surface area contributed by atoms with Gasteiger partial charge in [-0.05, 0) is 24.1 Å². The minimum Gasteiger partial charge on any atom is -0.396 e. The van der Waals surface area contributed by atoms with Gasteiger partial charge < -0.3 is 10.4 Å². The Bertz CT molecular complexity index is 265. The maximum atomic E-state index is 8.82. The quantitative estimate of drug-likeness (QED) is 0.852. The summed E-state index contributed by atoms with van der Waals surface area (Å²) in [5.74, 6) is 0.291. The molecular weight excluding hydrogens is 230 g/mol. The molecule has 0 saturated heterocycles. The first kappa shape index (κ1) is 10.5. The van der Waals surface area contributed by atoms with Gasteiger partial charge in [0.15, 0.2) is 0 Å². The average Bonchev–Trinajstić information content (AvgIpc) is 2.14. The van der Waals surface area contributed by atoms with Crippen molar-refractivity contribution in [2.24, 2.45) is 5.92 Å². The molecule has 1 atom stereocenters. The summed E-state index contributed by atoms with van der Waals surface area (Å²) in [6.45, 7) is 3.03. The summed E-state index contributed by atoms with van der Waals surface area (Å²) in [6.07, 6.45) is 0. The summed E-state index contributed by atoms with van der Waals surface area (Å²) < 4.78 is 1.06. The van der Waals surface area contributed by atoms with Crippen LogP contribution < -0.4 is 5.32 Å². The predicted molar refractivity (Wildman–Crippen MR) is 58.9 cm³/mol. The van der Waals surface area contributed by atoms with Gasteiger partial charge in [-0.2, -0.15) is 0 Å². The number of halogens is 1. The van der Waals surface area contributed by atoms with Crippen molar-refractivity contribution in [1.29, 1.82) is 0 Å². The molecule has 1 aromatic rings. The van der Waals surface area contributed by atoms with Gasteiger partial charge in [-0.15, -0.1) is 0 Å². The number of rotatable bonds is 4. The van der Waals surface area contributed by atoms with Gasteiger partial charge in [0.25, 0.3) is 0 Å². The standard InChI is InChI=1S/C10H14BrNO/c1-8(7-13)6-12-10-4-2-3-9(11)5-10/h2-5,8,12-13H,6-7H2,1H3. The molecule has 13 heavy (non-hydrogen) atoms. The van der Waals surface area contributed by atoms with Crippen LogP contribution in [0.1, 0.15) is 6.92 Å². The summed E-state index contributed by atoms with van der Waals surface area (Å²) in [5.41, 5.74) is 1.08. The van der Waals surface area contributed by atoms with E-state index in [2.05, 4.69) is 21.2 Å². The van der Waals surface area contributed by atoms with Crippen LogP contribution in [0.15, 0.2) is 28.7 Å². The first-order chi connectivity index (χ1) is 6.22. The molecule has 0 amide bonds. The highest BCUT2D eigenvalue weighted by Gasteiger charge is 1.99. The van der Waals surface area contributed by atoms with Gasteiger partial charge in [-0.1, -0.05) is 28.9 Å².